The minimum Gasteiger partial charge on any atom is -0.369 e. The van der Waals surface area contributed by atoms with E-state index in [0.717, 1.165) is 44.6 Å². The van der Waals surface area contributed by atoms with Crippen molar-refractivity contribution in [1.82, 2.24) is 15.0 Å². The minimum atomic E-state index is 0.678. The summed E-state index contributed by atoms with van der Waals surface area (Å²) in [5, 5.41) is 3.30. The third-order valence-corrected chi connectivity index (χ3v) is 4.31. The van der Waals surface area contributed by atoms with Gasteiger partial charge in [0.15, 0.2) is 5.82 Å². The van der Waals surface area contributed by atoms with Crippen molar-refractivity contribution < 1.29 is 0 Å². The number of aryl methyl sites for hydroxylation is 1. The zero-order chi connectivity index (χ0) is 14.5. The molecule has 0 aliphatic heterocycles. The molecule has 2 aromatic rings. The summed E-state index contributed by atoms with van der Waals surface area (Å²) in [4.78, 5) is 13.6. The molecule has 0 fully saturated rings. The molecule has 0 aliphatic carbocycles. The molecule has 0 bridgehead atoms. The smallest absolute Gasteiger partial charge is 0.180 e. The first-order valence-corrected chi connectivity index (χ1v) is 8.45. The molecular weight excluding hydrogens is 431 g/mol. The molecule has 0 aliphatic rings. The quantitative estimate of drug-likeness (QED) is 0.696. The number of pyridine rings is 1. The van der Waals surface area contributed by atoms with Crippen molar-refractivity contribution in [3.8, 4) is 11.5 Å². The van der Waals surface area contributed by atoms with Crippen LogP contribution in [0.2, 0.25) is 0 Å². The van der Waals surface area contributed by atoms with E-state index in [1.165, 1.54) is 0 Å². The number of hydrogen-bond donors (Lipinski definition) is 1. The zero-order valence-electron chi connectivity index (χ0n) is 11.5. The van der Waals surface area contributed by atoms with Crippen molar-refractivity contribution in [3.63, 3.8) is 0 Å². The fraction of sp³-hybridized carbons (Fsp3) is 0.357. The van der Waals surface area contributed by atoms with E-state index in [2.05, 4.69) is 72.6 Å². The van der Waals surface area contributed by atoms with Crippen LogP contribution in [0.3, 0.4) is 0 Å². The molecule has 0 unspecified atom stereocenters. The second-order valence-corrected chi connectivity index (χ2v) is 6.29. The van der Waals surface area contributed by atoms with Gasteiger partial charge in [0.1, 0.15) is 11.5 Å². The molecule has 0 radical (unpaired) electrons. The highest BCUT2D eigenvalue weighted by molar-refractivity contribution is 14.1. The van der Waals surface area contributed by atoms with Gasteiger partial charge < -0.3 is 5.32 Å². The summed E-state index contributed by atoms with van der Waals surface area (Å²) in [5.74, 6) is 1.57. The summed E-state index contributed by atoms with van der Waals surface area (Å²) >= 11 is 5.71. The molecule has 0 saturated carbocycles. The van der Waals surface area contributed by atoms with E-state index in [9.17, 15) is 0 Å². The minimum absolute atomic E-state index is 0.678. The van der Waals surface area contributed by atoms with Gasteiger partial charge in [-0.1, -0.05) is 13.3 Å². The Morgan fingerprint density at radius 3 is 2.65 bits per heavy atom. The van der Waals surface area contributed by atoms with E-state index in [1.807, 2.05) is 12.1 Å². The number of rotatable bonds is 5. The Balaban J connectivity index is 2.49. The second kappa shape index (κ2) is 7.31. The fourth-order valence-electron chi connectivity index (χ4n) is 1.80. The molecule has 106 valence electrons. The van der Waals surface area contributed by atoms with E-state index in [0.29, 0.717) is 5.82 Å². The maximum atomic E-state index is 4.67. The van der Waals surface area contributed by atoms with Crippen LogP contribution in [0.25, 0.3) is 11.5 Å². The first-order valence-electron chi connectivity index (χ1n) is 6.57. The Morgan fingerprint density at radius 1 is 1.25 bits per heavy atom. The maximum Gasteiger partial charge on any atom is 0.180 e. The van der Waals surface area contributed by atoms with E-state index < -0.39 is 0 Å². The Labute approximate surface area is 141 Å². The Bertz CT molecular complexity index is 559. The molecule has 2 aromatic heterocycles. The standard InChI is InChI=1S/C14H16BrIN4/c1-3-5-10-12(16)14(17-4-2)20-13(19-10)11-7-6-9(15)8-18-11/h6-8H,3-5H2,1-2H3,(H,17,19,20). The third-order valence-electron chi connectivity index (χ3n) is 2.71. The van der Waals surface area contributed by atoms with Gasteiger partial charge in [0.2, 0.25) is 0 Å². The predicted molar refractivity (Wildman–Crippen MR) is 93.8 cm³/mol. The van der Waals surface area contributed by atoms with Crippen LogP contribution in [0.15, 0.2) is 22.8 Å². The highest BCUT2D eigenvalue weighted by Crippen LogP contribution is 2.24. The summed E-state index contributed by atoms with van der Waals surface area (Å²) in [6.07, 6.45) is 3.78. The molecule has 1 N–H and O–H groups in total. The van der Waals surface area contributed by atoms with E-state index in [-0.39, 0.29) is 0 Å². The highest BCUT2D eigenvalue weighted by Gasteiger charge is 2.13. The summed E-state index contributed by atoms with van der Waals surface area (Å²) in [5.41, 5.74) is 1.87. The van der Waals surface area contributed by atoms with Crippen LogP contribution in [0.4, 0.5) is 5.82 Å². The van der Waals surface area contributed by atoms with Gasteiger partial charge in [0.25, 0.3) is 0 Å². The van der Waals surface area contributed by atoms with Crippen molar-refractivity contribution >= 4 is 44.3 Å². The Morgan fingerprint density at radius 2 is 2.05 bits per heavy atom. The maximum absolute atomic E-state index is 4.67. The SMILES string of the molecule is CCCc1nc(-c2ccc(Br)cn2)nc(NCC)c1I. The molecule has 2 rings (SSSR count). The van der Waals surface area contributed by atoms with Gasteiger partial charge in [-0.3, -0.25) is 4.98 Å². The van der Waals surface area contributed by atoms with Gasteiger partial charge >= 0.3 is 0 Å². The van der Waals surface area contributed by atoms with Crippen LogP contribution in [-0.4, -0.2) is 21.5 Å². The van der Waals surface area contributed by atoms with E-state index in [4.69, 9.17) is 0 Å². The van der Waals surface area contributed by atoms with Crippen LogP contribution in [0.5, 0.6) is 0 Å². The summed E-state index contributed by atoms with van der Waals surface area (Å²) in [7, 11) is 0. The van der Waals surface area contributed by atoms with Crippen molar-refractivity contribution in [2.75, 3.05) is 11.9 Å². The van der Waals surface area contributed by atoms with Crippen molar-refractivity contribution in [2.24, 2.45) is 0 Å². The van der Waals surface area contributed by atoms with Gasteiger partial charge in [-0.05, 0) is 64.0 Å². The molecule has 0 aromatic carbocycles. The molecule has 0 spiro atoms. The molecule has 4 nitrogen and oxygen atoms in total. The first-order chi connectivity index (χ1) is 9.65. The van der Waals surface area contributed by atoms with E-state index in [1.54, 1.807) is 6.20 Å². The molecule has 0 atom stereocenters. The number of halogens is 2. The number of nitrogens with zero attached hydrogens (tertiary/aromatic N) is 3. The Kier molecular flexibility index (Phi) is 5.71. The van der Waals surface area contributed by atoms with Crippen LogP contribution in [-0.2, 0) is 6.42 Å². The van der Waals surface area contributed by atoms with E-state index >= 15 is 0 Å². The van der Waals surface area contributed by atoms with Gasteiger partial charge in [-0.2, -0.15) is 0 Å². The lowest BCUT2D eigenvalue weighted by atomic mass is 10.2. The summed E-state index contributed by atoms with van der Waals surface area (Å²) < 4.78 is 2.06. The third kappa shape index (κ3) is 3.66. The molecule has 0 amide bonds. The molecule has 0 saturated heterocycles. The average Bonchev–Trinajstić information content (AvgIpc) is 2.44. The van der Waals surface area contributed by atoms with Crippen molar-refractivity contribution in [1.29, 1.82) is 0 Å². The normalized spacial score (nSPS) is 10.6. The number of nitrogens with one attached hydrogen (secondary N) is 1. The number of aromatic nitrogens is 3. The van der Waals surface area contributed by atoms with Crippen molar-refractivity contribution in [3.05, 3.63) is 32.1 Å². The van der Waals surface area contributed by atoms with Gasteiger partial charge in [0, 0.05) is 17.2 Å². The lowest BCUT2D eigenvalue weighted by molar-refractivity contribution is 0.865. The number of hydrogen-bond acceptors (Lipinski definition) is 4. The predicted octanol–water partition coefficient (Wildman–Crippen LogP) is 4.29. The topological polar surface area (TPSA) is 50.7 Å². The Hall–Kier alpha value is -0.760. The highest BCUT2D eigenvalue weighted by atomic mass is 127. The lowest BCUT2D eigenvalue weighted by Gasteiger charge is -2.11. The molecule has 2 heterocycles. The lowest BCUT2D eigenvalue weighted by Crippen LogP contribution is -2.08. The number of anilines is 1. The summed E-state index contributed by atoms with van der Waals surface area (Å²) in [6.45, 7) is 5.06. The van der Waals surface area contributed by atoms with Crippen LogP contribution in [0.1, 0.15) is 26.0 Å². The average molecular weight is 447 g/mol. The zero-order valence-corrected chi connectivity index (χ0v) is 15.2. The van der Waals surface area contributed by atoms with Crippen LogP contribution in [0, 0.1) is 3.57 Å². The van der Waals surface area contributed by atoms with Gasteiger partial charge in [-0.15, -0.1) is 0 Å². The van der Waals surface area contributed by atoms with Gasteiger partial charge in [0.05, 0.1) is 9.26 Å². The van der Waals surface area contributed by atoms with Crippen LogP contribution < -0.4 is 5.32 Å². The van der Waals surface area contributed by atoms with Crippen molar-refractivity contribution in [2.45, 2.75) is 26.7 Å². The first kappa shape index (κ1) is 15.6. The molecular formula is C14H16BrIN4. The van der Waals surface area contributed by atoms with Crippen LogP contribution >= 0.6 is 38.5 Å². The monoisotopic (exact) mass is 446 g/mol. The largest absolute Gasteiger partial charge is 0.369 e. The summed E-state index contributed by atoms with van der Waals surface area (Å²) in [6, 6.07) is 3.88. The molecule has 20 heavy (non-hydrogen) atoms. The molecule has 6 heteroatoms. The van der Waals surface area contributed by atoms with Gasteiger partial charge in [-0.25, -0.2) is 9.97 Å². The fourth-order valence-corrected chi connectivity index (χ4v) is 2.74. The second-order valence-electron chi connectivity index (χ2n) is 4.30.